The highest BCUT2D eigenvalue weighted by Gasteiger charge is 2.33. The van der Waals surface area contributed by atoms with Gasteiger partial charge in [0.05, 0.1) is 0 Å². The summed E-state index contributed by atoms with van der Waals surface area (Å²) in [7, 11) is 0. The van der Waals surface area contributed by atoms with Crippen molar-refractivity contribution in [3.8, 4) is 0 Å². The summed E-state index contributed by atoms with van der Waals surface area (Å²) in [6.45, 7) is 11.1. The lowest BCUT2D eigenvalue weighted by molar-refractivity contribution is 0.0694. The van der Waals surface area contributed by atoms with E-state index in [1.54, 1.807) is 6.08 Å². The van der Waals surface area contributed by atoms with Crippen LogP contribution in [0.25, 0.3) is 0 Å². The summed E-state index contributed by atoms with van der Waals surface area (Å²) >= 11 is 0. The van der Waals surface area contributed by atoms with Gasteiger partial charge in [-0.2, -0.15) is 0 Å². The second-order valence-corrected chi connectivity index (χ2v) is 4.38. The van der Waals surface area contributed by atoms with Crippen LogP contribution in [0.4, 0.5) is 0 Å². The van der Waals surface area contributed by atoms with Crippen LogP contribution in [0.2, 0.25) is 0 Å². The Labute approximate surface area is 91.4 Å². The van der Waals surface area contributed by atoms with Crippen molar-refractivity contribution in [3.63, 3.8) is 0 Å². The molecule has 0 amide bonds. The van der Waals surface area contributed by atoms with Gasteiger partial charge in [0, 0.05) is 44.8 Å². The topological polar surface area (TPSA) is 42.4 Å². The first kappa shape index (κ1) is 10.6. The zero-order valence-electron chi connectivity index (χ0n) is 9.37. The van der Waals surface area contributed by atoms with Crippen LogP contribution in [0.15, 0.2) is 12.7 Å². The number of hydrogen-bond donors (Lipinski definition) is 2. The Morgan fingerprint density at radius 3 is 2.47 bits per heavy atom. The van der Waals surface area contributed by atoms with E-state index in [2.05, 4.69) is 28.6 Å². The van der Waals surface area contributed by atoms with Crippen LogP contribution >= 0.6 is 0 Å². The maximum absolute atomic E-state index is 7.68. The van der Waals surface area contributed by atoms with Gasteiger partial charge in [0.15, 0.2) is 0 Å². The second-order valence-electron chi connectivity index (χ2n) is 4.38. The monoisotopic (exact) mass is 208 g/mol. The van der Waals surface area contributed by atoms with Gasteiger partial charge in [-0.1, -0.05) is 6.58 Å². The number of nitrogens with zero attached hydrogens (tertiary/aromatic N) is 2. The highest BCUT2D eigenvalue weighted by atomic mass is 15.3. The molecule has 0 aromatic heterocycles. The molecule has 1 unspecified atom stereocenters. The first-order valence-electron chi connectivity index (χ1n) is 5.65. The SMILES string of the molecule is C=CC(=N)N1CCN([C@H]2CNC2C)CC1. The van der Waals surface area contributed by atoms with Gasteiger partial charge in [0.2, 0.25) is 0 Å². The molecular formula is C11H20N4. The minimum Gasteiger partial charge on any atom is -0.355 e. The van der Waals surface area contributed by atoms with E-state index in [-0.39, 0.29) is 0 Å². The van der Waals surface area contributed by atoms with E-state index in [4.69, 9.17) is 5.41 Å². The number of amidine groups is 1. The summed E-state index contributed by atoms with van der Waals surface area (Å²) in [5.74, 6) is 0.564. The lowest BCUT2D eigenvalue weighted by Crippen LogP contribution is -2.66. The van der Waals surface area contributed by atoms with Crippen molar-refractivity contribution in [2.45, 2.75) is 19.0 Å². The highest BCUT2D eigenvalue weighted by Crippen LogP contribution is 2.14. The van der Waals surface area contributed by atoms with Crippen LogP contribution in [0.3, 0.4) is 0 Å². The molecule has 2 saturated heterocycles. The average molecular weight is 208 g/mol. The molecule has 0 aromatic rings. The largest absolute Gasteiger partial charge is 0.355 e. The Balaban J connectivity index is 1.81. The molecule has 4 nitrogen and oxygen atoms in total. The fourth-order valence-electron chi connectivity index (χ4n) is 2.33. The van der Waals surface area contributed by atoms with Gasteiger partial charge in [-0.3, -0.25) is 10.3 Å². The molecule has 2 N–H and O–H groups in total. The van der Waals surface area contributed by atoms with E-state index in [1.807, 2.05) is 0 Å². The zero-order chi connectivity index (χ0) is 10.8. The van der Waals surface area contributed by atoms with Gasteiger partial charge in [0.25, 0.3) is 0 Å². The molecule has 2 rings (SSSR count). The summed E-state index contributed by atoms with van der Waals surface area (Å²) in [5, 5.41) is 11.1. The van der Waals surface area contributed by atoms with Gasteiger partial charge < -0.3 is 10.2 Å². The number of nitrogens with one attached hydrogen (secondary N) is 2. The van der Waals surface area contributed by atoms with E-state index in [0.717, 1.165) is 32.7 Å². The van der Waals surface area contributed by atoms with Gasteiger partial charge in [0.1, 0.15) is 5.84 Å². The van der Waals surface area contributed by atoms with Gasteiger partial charge >= 0.3 is 0 Å². The molecule has 0 bridgehead atoms. The van der Waals surface area contributed by atoms with E-state index in [1.165, 1.54) is 0 Å². The van der Waals surface area contributed by atoms with Crippen molar-refractivity contribution in [1.29, 1.82) is 5.41 Å². The molecule has 15 heavy (non-hydrogen) atoms. The average Bonchev–Trinajstić information content (AvgIpc) is 2.27. The van der Waals surface area contributed by atoms with Crippen LogP contribution in [0, 0.1) is 5.41 Å². The third-order valence-electron chi connectivity index (χ3n) is 3.54. The van der Waals surface area contributed by atoms with Crippen LogP contribution in [0.1, 0.15) is 6.92 Å². The molecule has 2 aliphatic rings. The lowest BCUT2D eigenvalue weighted by Gasteiger charge is -2.47. The minimum absolute atomic E-state index is 0.564. The van der Waals surface area contributed by atoms with E-state index in [9.17, 15) is 0 Å². The van der Waals surface area contributed by atoms with Crippen molar-refractivity contribution in [3.05, 3.63) is 12.7 Å². The summed E-state index contributed by atoms with van der Waals surface area (Å²) in [6, 6.07) is 1.35. The van der Waals surface area contributed by atoms with E-state index >= 15 is 0 Å². The van der Waals surface area contributed by atoms with Crippen LogP contribution < -0.4 is 5.32 Å². The molecule has 84 valence electrons. The van der Waals surface area contributed by atoms with Gasteiger partial charge in [-0.05, 0) is 13.0 Å². The summed E-state index contributed by atoms with van der Waals surface area (Å²) in [6.07, 6.45) is 1.63. The Bertz CT molecular complexity index is 255. The molecule has 2 fully saturated rings. The smallest absolute Gasteiger partial charge is 0.120 e. The van der Waals surface area contributed by atoms with Crippen molar-refractivity contribution < 1.29 is 0 Å². The first-order valence-corrected chi connectivity index (χ1v) is 5.65. The summed E-state index contributed by atoms with van der Waals surface area (Å²) in [4.78, 5) is 4.63. The predicted molar refractivity (Wildman–Crippen MR) is 62.3 cm³/mol. The van der Waals surface area contributed by atoms with Gasteiger partial charge in [-0.15, -0.1) is 0 Å². The van der Waals surface area contributed by atoms with Crippen LogP contribution in [0.5, 0.6) is 0 Å². The number of rotatable bonds is 2. The predicted octanol–water partition coefficient (Wildman–Crippen LogP) is 0.128. The fourth-order valence-corrected chi connectivity index (χ4v) is 2.33. The third-order valence-corrected chi connectivity index (χ3v) is 3.54. The summed E-state index contributed by atoms with van der Waals surface area (Å²) in [5.41, 5.74) is 0. The Kier molecular flexibility index (Phi) is 3.07. The molecule has 0 aliphatic carbocycles. The minimum atomic E-state index is 0.564. The highest BCUT2D eigenvalue weighted by molar-refractivity contribution is 5.89. The Hall–Kier alpha value is -0.870. The normalized spacial score (nSPS) is 32.2. The second kappa shape index (κ2) is 4.33. The number of piperazine rings is 1. The third kappa shape index (κ3) is 2.06. The van der Waals surface area contributed by atoms with Crippen molar-refractivity contribution in [2.24, 2.45) is 0 Å². The Morgan fingerprint density at radius 1 is 1.40 bits per heavy atom. The molecule has 0 radical (unpaired) electrons. The maximum Gasteiger partial charge on any atom is 0.120 e. The van der Waals surface area contributed by atoms with Crippen molar-refractivity contribution in [1.82, 2.24) is 15.1 Å². The lowest BCUT2D eigenvalue weighted by atomic mass is 9.99. The quantitative estimate of drug-likeness (QED) is 0.500. The zero-order valence-corrected chi connectivity index (χ0v) is 9.37. The van der Waals surface area contributed by atoms with Crippen molar-refractivity contribution >= 4 is 5.84 Å². The van der Waals surface area contributed by atoms with Crippen LogP contribution in [-0.4, -0.2) is 60.4 Å². The van der Waals surface area contributed by atoms with Crippen LogP contribution in [-0.2, 0) is 0 Å². The maximum atomic E-state index is 7.68. The molecule has 0 spiro atoms. The first-order chi connectivity index (χ1) is 7.22. The molecule has 2 aliphatic heterocycles. The fraction of sp³-hybridized carbons (Fsp3) is 0.727. The van der Waals surface area contributed by atoms with E-state index in [0.29, 0.717) is 17.9 Å². The standard InChI is InChI=1S/C11H20N4/c1-3-11(12)15-6-4-14(5-7-15)10-8-13-9(10)2/h3,9-10,12-13H,1,4-8H2,2H3/t9?,10-/m0/s1. The molecule has 4 heteroatoms. The van der Waals surface area contributed by atoms with Crippen molar-refractivity contribution in [2.75, 3.05) is 32.7 Å². The number of hydrogen-bond acceptors (Lipinski definition) is 3. The molecular weight excluding hydrogens is 188 g/mol. The summed E-state index contributed by atoms with van der Waals surface area (Å²) < 4.78 is 0. The van der Waals surface area contributed by atoms with Gasteiger partial charge in [-0.25, -0.2) is 0 Å². The Morgan fingerprint density at radius 2 is 2.07 bits per heavy atom. The molecule has 0 aromatic carbocycles. The van der Waals surface area contributed by atoms with E-state index < -0.39 is 0 Å². The molecule has 2 heterocycles. The molecule has 0 saturated carbocycles. The molecule has 2 atom stereocenters.